The number of nitrogens with zero attached hydrogens (tertiary/aromatic N) is 2. The van der Waals surface area contributed by atoms with Crippen molar-refractivity contribution in [1.82, 2.24) is 10.3 Å². The van der Waals surface area contributed by atoms with Crippen molar-refractivity contribution < 1.29 is 9.31 Å². The minimum absolute atomic E-state index is 0.0356. The summed E-state index contributed by atoms with van der Waals surface area (Å²) < 4.78 is 13.2. The number of nitrogens with one attached hydrogen (secondary N) is 1. The lowest BCUT2D eigenvalue weighted by molar-refractivity contribution is -0.385. The van der Waals surface area contributed by atoms with E-state index in [0.29, 0.717) is 5.56 Å². The summed E-state index contributed by atoms with van der Waals surface area (Å²) in [5, 5.41) is 14.0. The van der Waals surface area contributed by atoms with Gasteiger partial charge in [-0.1, -0.05) is 6.07 Å². The summed E-state index contributed by atoms with van der Waals surface area (Å²) in [6.45, 7) is 2.13. The van der Waals surface area contributed by atoms with E-state index in [9.17, 15) is 14.5 Å². The molecule has 0 aliphatic carbocycles. The molecule has 1 atom stereocenters. The lowest BCUT2D eigenvalue weighted by Crippen LogP contribution is -2.19. The number of halogens is 1. The van der Waals surface area contributed by atoms with E-state index in [4.69, 9.17) is 0 Å². The van der Waals surface area contributed by atoms with E-state index in [-0.39, 0.29) is 18.3 Å². The zero-order valence-corrected chi connectivity index (χ0v) is 10.9. The van der Waals surface area contributed by atoms with Gasteiger partial charge in [-0.25, -0.2) is 4.39 Å². The summed E-state index contributed by atoms with van der Waals surface area (Å²) in [6.07, 6.45) is 3.39. The molecule has 1 aromatic carbocycles. The maximum atomic E-state index is 13.2. The number of hydrogen-bond acceptors (Lipinski definition) is 4. The highest BCUT2D eigenvalue weighted by atomic mass is 19.1. The SMILES string of the molecule is C[C@H](NCc1cc(F)ccc1[N+](=O)[O-])c1cccnc1. The van der Waals surface area contributed by atoms with Crippen LogP contribution < -0.4 is 5.32 Å². The van der Waals surface area contributed by atoms with Crippen LogP contribution in [0.3, 0.4) is 0 Å². The topological polar surface area (TPSA) is 68.1 Å². The average molecular weight is 275 g/mol. The molecule has 104 valence electrons. The van der Waals surface area contributed by atoms with E-state index in [0.717, 1.165) is 11.6 Å². The largest absolute Gasteiger partial charge is 0.306 e. The summed E-state index contributed by atoms with van der Waals surface area (Å²) in [5.74, 6) is -0.485. The molecule has 0 bridgehead atoms. The molecule has 0 saturated heterocycles. The Balaban J connectivity index is 2.11. The zero-order chi connectivity index (χ0) is 14.5. The van der Waals surface area contributed by atoms with Gasteiger partial charge >= 0.3 is 0 Å². The normalized spacial score (nSPS) is 12.1. The van der Waals surface area contributed by atoms with Crippen molar-refractivity contribution in [1.29, 1.82) is 0 Å². The Morgan fingerprint density at radius 3 is 2.90 bits per heavy atom. The smallest absolute Gasteiger partial charge is 0.274 e. The molecule has 0 radical (unpaired) electrons. The highest BCUT2D eigenvalue weighted by Gasteiger charge is 2.15. The first-order valence-corrected chi connectivity index (χ1v) is 6.14. The molecule has 0 fully saturated rings. The number of nitro groups is 1. The molecule has 2 rings (SSSR count). The molecule has 5 nitrogen and oxygen atoms in total. The molecule has 0 aliphatic heterocycles. The second-order valence-corrected chi connectivity index (χ2v) is 4.42. The minimum atomic E-state index is -0.509. The van der Waals surface area contributed by atoms with Gasteiger partial charge in [0, 0.05) is 36.6 Å². The third-order valence-electron chi connectivity index (χ3n) is 3.02. The summed E-state index contributed by atoms with van der Waals surface area (Å²) >= 11 is 0. The van der Waals surface area contributed by atoms with Crippen LogP contribution in [0, 0.1) is 15.9 Å². The van der Waals surface area contributed by atoms with E-state index < -0.39 is 10.7 Å². The third-order valence-corrected chi connectivity index (χ3v) is 3.02. The molecule has 1 aromatic heterocycles. The average Bonchev–Trinajstić information content (AvgIpc) is 2.45. The fourth-order valence-corrected chi connectivity index (χ4v) is 1.89. The molecule has 0 spiro atoms. The van der Waals surface area contributed by atoms with Crippen molar-refractivity contribution in [2.45, 2.75) is 19.5 Å². The van der Waals surface area contributed by atoms with Gasteiger partial charge in [0.15, 0.2) is 0 Å². The molecular weight excluding hydrogens is 261 g/mol. The number of pyridine rings is 1. The quantitative estimate of drug-likeness (QED) is 0.672. The molecule has 1 heterocycles. The fraction of sp³-hybridized carbons (Fsp3) is 0.214. The predicted molar refractivity (Wildman–Crippen MR) is 72.5 cm³/mol. The molecule has 0 saturated carbocycles. The fourth-order valence-electron chi connectivity index (χ4n) is 1.89. The van der Waals surface area contributed by atoms with Gasteiger partial charge in [0.1, 0.15) is 5.82 Å². The number of rotatable bonds is 5. The summed E-state index contributed by atoms with van der Waals surface area (Å²) in [5.41, 5.74) is 1.20. The van der Waals surface area contributed by atoms with Crippen LogP contribution in [0.1, 0.15) is 24.1 Å². The predicted octanol–water partition coefficient (Wildman–Crippen LogP) is 2.98. The van der Waals surface area contributed by atoms with Crippen molar-refractivity contribution >= 4 is 5.69 Å². The van der Waals surface area contributed by atoms with Crippen LogP contribution in [-0.4, -0.2) is 9.91 Å². The zero-order valence-electron chi connectivity index (χ0n) is 10.9. The Kier molecular flexibility index (Phi) is 4.37. The second-order valence-electron chi connectivity index (χ2n) is 4.42. The molecule has 6 heteroatoms. The standard InChI is InChI=1S/C14H14FN3O2/c1-10(11-3-2-6-16-8-11)17-9-12-7-13(15)4-5-14(12)18(19)20/h2-8,10,17H,9H2,1H3/t10-/m0/s1. The van der Waals surface area contributed by atoms with E-state index in [1.54, 1.807) is 12.4 Å². The van der Waals surface area contributed by atoms with Gasteiger partial charge in [-0.05, 0) is 30.7 Å². The molecular formula is C14H14FN3O2. The maximum Gasteiger partial charge on any atom is 0.274 e. The Morgan fingerprint density at radius 1 is 1.45 bits per heavy atom. The summed E-state index contributed by atoms with van der Waals surface area (Å²) in [7, 11) is 0. The molecule has 1 N–H and O–H groups in total. The minimum Gasteiger partial charge on any atom is -0.306 e. The molecule has 0 amide bonds. The number of nitro benzene ring substituents is 1. The van der Waals surface area contributed by atoms with E-state index in [1.165, 1.54) is 12.1 Å². The highest BCUT2D eigenvalue weighted by Crippen LogP contribution is 2.20. The van der Waals surface area contributed by atoms with E-state index in [2.05, 4.69) is 10.3 Å². The number of hydrogen-bond donors (Lipinski definition) is 1. The van der Waals surface area contributed by atoms with Gasteiger partial charge < -0.3 is 5.32 Å². The summed E-state index contributed by atoms with van der Waals surface area (Å²) in [6, 6.07) is 7.14. The Morgan fingerprint density at radius 2 is 2.25 bits per heavy atom. The van der Waals surface area contributed by atoms with Crippen LogP contribution in [0.2, 0.25) is 0 Å². The van der Waals surface area contributed by atoms with Crippen LogP contribution in [0.5, 0.6) is 0 Å². The molecule has 2 aromatic rings. The third kappa shape index (κ3) is 3.36. The Bertz CT molecular complexity index is 605. The van der Waals surface area contributed by atoms with Crippen LogP contribution in [0.15, 0.2) is 42.7 Å². The van der Waals surface area contributed by atoms with Crippen LogP contribution in [0.4, 0.5) is 10.1 Å². The van der Waals surface area contributed by atoms with Gasteiger partial charge in [-0.3, -0.25) is 15.1 Å². The van der Waals surface area contributed by atoms with Gasteiger partial charge in [-0.15, -0.1) is 0 Å². The van der Waals surface area contributed by atoms with Crippen molar-refractivity contribution in [2.75, 3.05) is 0 Å². The van der Waals surface area contributed by atoms with Crippen LogP contribution >= 0.6 is 0 Å². The highest BCUT2D eigenvalue weighted by molar-refractivity contribution is 5.40. The summed E-state index contributed by atoms with van der Waals surface area (Å²) in [4.78, 5) is 14.4. The van der Waals surface area contributed by atoms with Gasteiger partial charge in [0.25, 0.3) is 5.69 Å². The van der Waals surface area contributed by atoms with Gasteiger partial charge in [-0.2, -0.15) is 0 Å². The Labute approximate surface area is 115 Å². The van der Waals surface area contributed by atoms with E-state index >= 15 is 0 Å². The second kappa shape index (κ2) is 6.21. The molecule has 0 aliphatic rings. The van der Waals surface area contributed by atoms with Crippen molar-refractivity contribution in [3.8, 4) is 0 Å². The van der Waals surface area contributed by atoms with Crippen molar-refractivity contribution in [2.24, 2.45) is 0 Å². The van der Waals surface area contributed by atoms with Gasteiger partial charge in [0.2, 0.25) is 0 Å². The van der Waals surface area contributed by atoms with Crippen LogP contribution in [-0.2, 0) is 6.54 Å². The monoisotopic (exact) mass is 275 g/mol. The number of aromatic nitrogens is 1. The lowest BCUT2D eigenvalue weighted by Gasteiger charge is -2.13. The van der Waals surface area contributed by atoms with E-state index in [1.807, 2.05) is 19.1 Å². The van der Waals surface area contributed by atoms with Crippen LogP contribution in [0.25, 0.3) is 0 Å². The number of benzene rings is 1. The lowest BCUT2D eigenvalue weighted by atomic mass is 10.1. The first-order valence-electron chi connectivity index (χ1n) is 6.14. The first-order chi connectivity index (χ1) is 9.58. The van der Waals surface area contributed by atoms with Crippen molar-refractivity contribution in [3.05, 3.63) is 69.8 Å². The maximum absolute atomic E-state index is 13.2. The van der Waals surface area contributed by atoms with Crippen molar-refractivity contribution in [3.63, 3.8) is 0 Å². The molecule has 20 heavy (non-hydrogen) atoms. The molecule has 0 unspecified atom stereocenters. The first kappa shape index (κ1) is 14.1. The Hall–Kier alpha value is -2.34. The van der Waals surface area contributed by atoms with Gasteiger partial charge in [0.05, 0.1) is 4.92 Å².